The van der Waals surface area contributed by atoms with Crippen molar-refractivity contribution >= 4 is 11.5 Å². The summed E-state index contributed by atoms with van der Waals surface area (Å²) in [6.45, 7) is 5.23. The number of nitrogens with two attached hydrogens (primary N) is 1. The number of rotatable bonds is 4. The summed E-state index contributed by atoms with van der Waals surface area (Å²) in [6, 6.07) is 0. The van der Waals surface area contributed by atoms with Crippen LogP contribution in [-0.4, -0.2) is 16.0 Å². The van der Waals surface area contributed by atoms with E-state index in [1.54, 1.807) is 0 Å². The number of nitrogens with zero attached hydrogens (tertiary/aromatic N) is 2. The Bertz CT molecular complexity index is 236. The SMILES string of the molecule is CC(C)COc1nc(CN)ns1. The van der Waals surface area contributed by atoms with Gasteiger partial charge in [0.2, 0.25) is 0 Å². The van der Waals surface area contributed by atoms with E-state index in [9.17, 15) is 0 Å². The van der Waals surface area contributed by atoms with E-state index in [1.807, 2.05) is 0 Å². The van der Waals surface area contributed by atoms with Crippen molar-refractivity contribution in [3.63, 3.8) is 0 Å². The highest BCUT2D eigenvalue weighted by atomic mass is 32.1. The van der Waals surface area contributed by atoms with Crippen LogP contribution < -0.4 is 10.5 Å². The largest absolute Gasteiger partial charge is 0.469 e. The Morgan fingerprint density at radius 3 is 2.83 bits per heavy atom. The maximum atomic E-state index is 5.35. The Morgan fingerprint density at radius 1 is 1.58 bits per heavy atom. The zero-order valence-electron chi connectivity index (χ0n) is 7.28. The van der Waals surface area contributed by atoms with E-state index >= 15 is 0 Å². The van der Waals surface area contributed by atoms with Gasteiger partial charge in [0, 0.05) is 11.5 Å². The molecule has 0 unspecified atom stereocenters. The lowest BCUT2D eigenvalue weighted by Gasteiger charge is -2.03. The number of ether oxygens (including phenoxy) is 1. The summed E-state index contributed by atoms with van der Waals surface area (Å²) >= 11 is 1.25. The lowest BCUT2D eigenvalue weighted by atomic mass is 10.2. The predicted octanol–water partition coefficient (Wildman–Crippen LogP) is 1.03. The highest BCUT2D eigenvalue weighted by Crippen LogP contribution is 2.14. The van der Waals surface area contributed by atoms with Gasteiger partial charge in [-0.15, -0.1) is 0 Å². The molecule has 0 saturated heterocycles. The lowest BCUT2D eigenvalue weighted by molar-refractivity contribution is 0.269. The molecular weight excluding hydrogens is 174 g/mol. The number of hydrogen-bond acceptors (Lipinski definition) is 5. The molecule has 0 aromatic carbocycles. The van der Waals surface area contributed by atoms with Gasteiger partial charge < -0.3 is 10.5 Å². The second-order valence-electron chi connectivity index (χ2n) is 2.89. The molecule has 0 aliphatic carbocycles. The average molecular weight is 187 g/mol. The molecule has 4 nitrogen and oxygen atoms in total. The fraction of sp³-hybridized carbons (Fsp3) is 0.714. The zero-order chi connectivity index (χ0) is 8.97. The Morgan fingerprint density at radius 2 is 2.33 bits per heavy atom. The van der Waals surface area contributed by atoms with Gasteiger partial charge in [0.05, 0.1) is 13.2 Å². The molecule has 0 aliphatic rings. The van der Waals surface area contributed by atoms with Crippen LogP contribution in [0.4, 0.5) is 0 Å². The van der Waals surface area contributed by atoms with E-state index in [4.69, 9.17) is 10.5 Å². The average Bonchev–Trinajstić information content (AvgIpc) is 2.48. The number of hydrogen-bond donors (Lipinski definition) is 1. The molecule has 2 N–H and O–H groups in total. The van der Waals surface area contributed by atoms with Crippen LogP contribution in [0.5, 0.6) is 5.19 Å². The van der Waals surface area contributed by atoms with Gasteiger partial charge in [-0.1, -0.05) is 13.8 Å². The van der Waals surface area contributed by atoms with E-state index < -0.39 is 0 Å². The maximum absolute atomic E-state index is 5.35. The Hall–Kier alpha value is -0.680. The molecule has 5 heteroatoms. The molecular formula is C7H13N3OS. The molecule has 1 heterocycles. The van der Waals surface area contributed by atoms with Gasteiger partial charge >= 0.3 is 0 Å². The summed E-state index contributed by atoms with van der Waals surface area (Å²) in [4.78, 5) is 4.06. The quantitative estimate of drug-likeness (QED) is 0.764. The van der Waals surface area contributed by atoms with Crippen LogP contribution in [0.25, 0.3) is 0 Å². The monoisotopic (exact) mass is 187 g/mol. The Labute approximate surface area is 75.9 Å². The first kappa shape index (κ1) is 9.41. The third kappa shape index (κ3) is 2.75. The van der Waals surface area contributed by atoms with Gasteiger partial charge in [-0.3, -0.25) is 0 Å². The van der Waals surface area contributed by atoms with Crippen molar-refractivity contribution in [2.45, 2.75) is 20.4 Å². The van der Waals surface area contributed by atoms with Crippen molar-refractivity contribution < 1.29 is 4.74 Å². The summed E-state index contributed by atoms with van der Waals surface area (Å²) in [5, 5.41) is 0.615. The first-order valence-electron chi connectivity index (χ1n) is 3.88. The van der Waals surface area contributed by atoms with Crippen LogP contribution >= 0.6 is 11.5 Å². The lowest BCUT2D eigenvalue weighted by Crippen LogP contribution is -2.04. The van der Waals surface area contributed by atoms with Crippen LogP contribution in [0.1, 0.15) is 19.7 Å². The minimum absolute atomic E-state index is 0.377. The summed E-state index contributed by atoms with van der Waals surface area (Å²) in [7, 11) is 0. The molecule has 12 heavy (non-hydrogen) atoms. The molecule has 68 valence electrons. The van der Waals surface area contributed by atoms with Gasteiger partial charge in [0.25, 0.3) is 5.19 Å². The van der Waals surface area contributed by atoms with Crippen molar-refractivity contribution in [2.24, 2.45) is 11.7 Å². The van der Waals surface area contributed by atoms with E-state index in [0.29, 0.717) is 30.1 Å². The van der Waals surface area contributed by atoms with Gasteiger partial charge in [-0.25, -0.2) is 0 Å². The summed E-state index contributed by atoms with van der Waals surface area (Å²) in [5.41, 5.74) is 5.35. The van der Waals surface area contributed by atoms with Crippen molar-refractivity contribution in [3.8, 4) is 5.19 Å². The second-order valence-corrected chi connectivity index (χ2v) is 3.60. The van der Waals surface area contributed by atoms with E-state index in [2.05, 4.69) is 23.2 Å². The standard InChI is InChI=1S/C7H13N3OS/c1-5(2)4-11-7-9-6(3-8)10-12-7/h5H,3-4,8H2,1-2H3. The minimum Gasteiger partial charge on any atom is -0.469 e. The van der Waals surface area contributed by atoms with Crippen LogP contribution in [0.15, 0.2) is 0 Å². The molecule has 0 saturated carbocycles. The van der Waals surface area contributed by atoms with Crippen molar-refractivity contribution in [1.29, 1.82) is 0 Å². The zero-order valence-corrected chi connectivity index (χ0v) is 8.10. The highest BCUT2D eigenvalue weighted by Gasteiger charge is 2.03. The van der Waals surface area contributed by atoms with Crippen molar-refractivity contribution in [3.05, 3.63) is 5.82 Å². The van der Waals surface area contributed by atoms with Gasteiger partial charge in [-0.05, 0) is 5.92 Å². The molecule has 1 aromatic heterocycles. The molecule has 0 atom stereocenters. The smallest absolute Gasteiger partial charge is 0.293 e. The summed E-state index contributed by atoms with van der Waals surface area (Å²) in [5.74, 6) is 1.16. The molecule has 0 bridgehead atoms. The van der Waals surface area contributed by atoms with E-state index in [-0.39, 0.29) is 0 Å². The molecule has 0 radical (unpaired) electrons. The van der Waals surface area contributed by atoms with Gasteiger partial charge in [-0.2, -0.15) is 9.36 Å². The first-order valence-corrected chi connectivity index (χ1v) is 4.65. The summed E-state index contributed by atoms with van der Waals surface area (Å²) < 4.78 is 9.33. The Kier molecular flexibility index (Phi) is 3.43. The Balaban J connectivity index is 2.41. The molecule has 0 spiro atoms. The third-order valence-electron chi connectivity index (χ3n) is 1.17. The van der Waals surface area contributed by atoms with Crippen molar-refractivity contribution in [2.75, 3.05) is 6.61 Å². The van der Waals surface area contributed by atoms with Gasteiger partial charge in [0.15, 0.2) is 5.82 Å². The molecule has 0 amide bonds. The molecule has 0 aliphatic heterocycles. The van der Waals surface area contributed by atoms with Crippen LogP contribution in [0, 0.1) is 5.92 Å². The normalized spacial score (nSPS) is 10.7. The maximum Gasteiger partial charge on any atom is 0.293 e. The van der Waals surface area contributed by atoms with Crippen LogP contribution in [-0.2, 0) is 6.54 Å². The van der Waals surface area contributed by atoms with Crippen LogP contribution in [0.2, 0.25) is 0 Å². The van der Waals surface area contributed by atoms with Crippen molar-refractivity contribution in [1.82, 2.24) is 9.36 Å². The fourth-order valence-corrected chi connectivity index (χ4v) is 1.18. The highest BCUT2D eigenvalue weighted by molar-refractivity contribution is 7.07. The second kappa shape index (κ2) is 4.37. The third-order valence-corrected chi connectivity index (χ3v) is 1.84. The van der Waals surface area contributed by atoms with E-state index in [1.165, 1.54) is 11.5 Å². The topological polar surface area (TPSA) is 61.0 Å². The van der Waals surface area contributed by atoms with E-state index in [0.717, 1.165) is 0 Å². The van der Waals surface area contributed by atoms with Gasteiger partial charge in [0.1, 0.15) is 0 Å². The first-order chi connectivity index (χ1) is 5.72. The fourth-order valence-electron chi connectivity index (χ4n) is 0.617. The summed E-state index contributed by atoms with van der Waals surface area (Å²) in [6.07, 6.45) is 0. The molecule has 1 aromatic rings. The number of aromatic nitrogens is 2. The minimum atomic E-state index is 0.377. The van der Waals surface area contributed by atoms with Crippen LogP contribution in [0.3, 0.4) is 0 Å². The predicted molar refractivity (Wildman–Crippen MR) is 48.1 cm³/mol. The molecule has 0 fully saturated rings. The molecule has 1 rings (SSSR count).